The second-order valence-corrected chi connectivity index (χ2v) is 8.66. The van der Waals surface area contributed by atoms with Gasteiger partial charge in [-0.05, 0) is 36.5 Å². The maximum Gasteiger partial charge on any atom is 0.280 e. The molecule has 1 aliphatic heterocycles. The van der Waals surface area contributed by atoms with E-state index in [1.165, 1.54) is 4.31 Å². The van der Waals surface area contributed by atoms with E-state index in [4.69, 9.17) is 4.74 Å². The highest BCUT2D eigenvalue weighted by Crippen LogP contribution is 2.39. The van der Waals surface area contributed by atoms with E-state index in [1.54, 1.807) is 6.20 Å². The Kier molecular flexibility index (Phi) is 4.94. The summed E-state index contributed by atoms with van der Waals surface area (Å²) in [7, 11) is -3.63. The van der Waals surface area contributed by atoms with Crippen LogP contribution in [0.25, 0.3) is 10.9 Å². The van der Waals surface area contributed by atoms with Gasteiger partial charge in [-0.3, -0.25) is 4.98 Å². The summed E-state index contributed by atoms with van der Waals surface area (Å²) >= 11 is 0. The third kappa shape index (κ3) is 3.60. The van der Waals surface area contributed by atoms with Crippen LogP contribution in [0.1, 0.15) is 24.4 Å². The smallest absolute Gasteiger partial charge is 0.280 e. The Morgan fingerprint density at radius 1 is 1.23 bits per heavy atom. The summed E-state index contributed by atoms with van der Waals surface area (Å²) in [4.78, 5) is 4.47. The lowest BCUT2D eigenvalue weighted by Crippen LogP contribution is -2.50. The molecule has 2 aliphatic rings. The zero-order valence-electron chi connectivity index (χ0n) is 14.4. The molecular weight excluding hydrogens is 354 g/mol. The Hall–Kier alpha value is -1.58. The molecule has 2 N–H and O–H groups in total. The molecule has 0 unspecified atom stereocenters. The zero-order chi connectivity index (χ0) is 18.1. The molecule has 1 saturated heterocycles. The second-order valence-electron chi connectivity index (χ2n) is 6.96. The van der Waals surface area contributed by atoms with Gasteiger partial charge in [0.15, 0.2) is 0 Å². The van der Waals surface area contributed by atoms with E-state index in [2.05, 4.69) is 9.71 Å². The summed E-state index contributed by atoms with van der Waals surface area (Å²) in [5, 5.41) is 10.7. The number of para-hydroxylation sites is 1. The van der Waals surface area contributed by atoms with Crippen molar-refractivity contribution in [1.82, 2.24) is 14.0 Å². The van der Waals surface area contributed by atoms with Gasteiger partial charge in [0.1, 0.15) is 0 Å². The van der Waals surface area contributed by atoms with Gasteiger partial charge in [0.05, 0.1) is 30.9 Å². The minimum Gasteiger partial charge on any atom is -0.393 e. The van der Waals surface area contributed by atoms with Crippen LogP contribution in [-0.4, -0.2) is 55.2 Å². The molecule has 26 heavy (non-hydrogen) atoms. The molecule has 7 nitrogen and oxygen atoms in total. The van der Waals surface area contributed by atoms with E-state index < -0.39 is 16.3 Å². The molecule has 1 aromatic heterocycles. The third-order valence-electron chi connectivity index (χ3n) is 5.18. The predicted molar refractivity (Wildman–Crippen MR) is 97.7 cm³/mol. The van der Waals surface area contributed by atoms with E-state index >= 15 is 0 Å². The van der Waals surface area contributed by atoms with Crippen molar-refractivity contribution in [1.29, 1.82) is 0 Å². The molecule has 0 amide bonds. The number of fused-ring (bicyclic) bond motifs is 1. The average molecular weight is 377 g/mol. The minimum atomic E-state index is -3.63. The normalized spacial score (nSPS) is 25.7. The topological polar surface area (TPSA) is 91.8 Å². The zero-order valence-corrected chi connectivity index (χ0v) is 15.2. The van der Waals surface area contributed by atoms with Gasteiger partial charge >= 0.3 is 0 Å². The van der Waals surface area contributed by atoms with Crippen LogP contribution in [0, 0.1) is 5.92 Å². The van der Waals surface area contributed by atoms with Crippen LogP contribution in [0.5, 0.6) is 0 Å². The molecule has 1 saturated carbocycles. The van der Waals surface area contributed by atoms with Gasteiger partial charge < -0.3 is 9.84 Å². The highest BCUT2D eigenvalue weighted by molar-refractivity contribution is 7.87. The van der Waals surface area contributed by atoms with Crippen molar-refractivity contribution >= 4 is 21.1 Å². The number of hydrogen-bond acceptors (Lipinski definition) is 5. The van der Waals surface area contributed by atoms with E-state index in [9.17, 15) is 13.5 Å². The van der Waals surface area contributed by atoms with Crippen LogP contribution >= 0.6 is 0 Å². The van der Waals surface area contributed by atoms with Crippen molar-refractivity contribution < 1.29 is 18.3 Å². The summed E-state index contributed by atoms with van der Waals surface area (Å²) in [6.07, 6.45) is 2.55. The molecule has 2 heterocycles. The van der Waals surface area contributed by atoms with Crippen LogP contribution in [0.2, 0.25) is 0 Å². The fourth-order valence-electron chi connectivity index (χ4n) is 3.62. The molecule has 4 rings (SSSR count). The quantitative estimate of drug-likeness (QED) is 0.817. The number of aliphatic hydroxyl groups is 1. The minimum absolute atomic E-state index is 0.0591. The van der Waals surface area contributed by atoms with Gasteiger partial charge in [-0.25, -0.2) is 0 Å². The molecule has 1 aromatic carbocycles. The van der Waals surface area contributed by atoms with Gasteiger partial charge in [-0.1, -0.05) is 18.2 Å². The van der Waals surface area contributed by atoms with Gasteiger partial charge in [-0.2, -0.15) is 17.4 Å². The fraction of sp³-hybridized carbons (Fsp3) is 0.500. The van der Waals surface area contributed by atoms with Crippen LogP contribution < -0.4 is 4.72 Å². The summed E-state index contributed by atoms with van der Waals surface area (Å²) in [5.41, 5.74) is 1.71. The third-order valence-corrected chi connectivity index (χ3v) is 6.77. The first kappa shape index (κ1) is 17.8. The number of benzene rings is 1. The number of nitrogens with one attached hydrogen (secondary N) is 1. The number of morpholine rings is 1. The maximum atomic E-state index is 12.8. The number of rotatable bonds is 5. The van der Waals surface area contributed by atoms with Crippen molar-refractivity contribution in [2.24, 2.45) is 5.92 Å². The van der Waals surface area contributed by atoms with E-state index in [-0.39, 0.29) is 12.0 Å². The van der Waals surface area contributed by atoms with Crippen LogP contribution in [0.4, 0.5) is 0 Å². The fourth-order valence-corrected chi connectivity index (χ4v) is 5.05. The lowest BCUT2D eigenvalue weighted by Gasteiger charge is -2.39. The van der Waals surface area contributed by atoms with Crippen molar-refractivity contribution in [3.05, 3.63) is 42.1 Å². The SMILES string of the molecule is O=S(=O)(N[C@H](c1cnc2ccccc2c1)C1CC(O)C1)N1CCOCC1. The van der Waals surface area contributed by atoms with Crippen molar-refractivity contribution in [3.8, 4) is 0 Å². The monoisotopic (exact) mass is 377 g/mol. The van der Waals surface area contributed by atoms with Crippen LogP contribution in [0.15, 0.2) is 36.5 Å². The Morgan fingerprint density at radius 3 is 2.69 bits per heavy atom. The molecule has 0 bridgehead atoms. The van der Waals surface area contributed by atoms with Crippen molar-refractivity contribution in [2.45, 2.75) is 25.0 Å². The molecule has 0 spiro atoms. The maximum absolute atomic E-state index is 12.8. The number of pyridine rings is 1. The molecule has 140 valence electrons. The molecular formula is C18H23N3O4S. The Bertz CT molecular complexity index is 877. The summed E-state index contributed by atoms with van der Waals surface area (Å²) < 4.78 is 35.2. The molecule has 1 atom stereocenters. The molecule has 8 heteroatoms. The van der Waals surface area contributed by atoms with Crippen molar-refractivity contribution in [2.75, 3.05) is 26.3 Å². The Balaban J connectivity index is 1.63. The van der Waals surface area contributed by atoms with Gasteiger partial charge in [-0.15, -0.1) is 0 Å². The number of nitrogens with zero attached hydrogens (tertiary/aromatic N) is 2. The number of hydrogen-bond donors (Lipinski definition) is 2. The first-order valence-corrected chi connectivity index (χ1v) is 10.3. The number of aliphatic hydroxyl groups excluding tert-OH is 1. The first-order chi connectivity index (χ1) is 12.5. The lowest BCUT2D eigenvalue weighted by atomic mass is 9.75. The summed E-state index contributed by atoms with van der Waals surface area (Å²) in [6, 6.07) is 9.35. The number of aromatic nitrogens is 1. The van der Waals surface area contributed by atoms with E-state index in [0.29, 0.717) is 39.1 Å². The molecule has 0 radical (unpaired) electrons. The average Bonchev–Trinajstić information content (AvgIpc) is 2.64. The lowest BCUT2D eigenvalue weighted by molar-refractivity contribution is 0.0271. The molecule has 2 aromatic rings. The van der Waals surface area contributed by atoms with Crippen LogP contribution in [-0.2, 0) is 14.9 Å². The molecule has 1 aliphatic carbocycles. The Morgan fingerprint density at radius 2 is 1.96 bits per heavy atom. The standard InChI is InChI=1S/C18H23N3O4S/c22-16-10-14(11-16)18(20-26(23,24)21-5-7-25-8-6-21)15-9-13-3-1-2-4-17(13)19-12-15/h1-4,9,12,14,16,18,20,22H,5-8,10-11H2/t14?,16?,18-/m0/s1. The Labute approximate surface area is 153 Å². The first-order valence-electron chi connectivity index (χ1n) is 8.91. The largest absolute Gasteiger partial charge is 0.393 e. The second kappa shape index (κ2) is 7.21. The summed E-state index contributed by atoms with van der Waals surface area (Å²) in [6.45, 7) is 1.52. The van der Waals surface area contributed by atoms with Gasteiger partial charge in [0.25, 0.3) is 10.2 Å². The van der Waals surface area contributed by atoms with E-state index in [1.807, 2.05) is 30.3 Å². The predicted octanol–water partition coefficient (Wildman–Crippen LogP) is 1.21. The van der Waals surface area contributed by atoms with E-state index in [0.717, 1.165) is 16.5 Å². The molecule has 2 fully saturated rings. The number of ether oxygens (including phenoxy) is 1. The highest BCUT2D eigenvalue weighted by Gasteiger charge is 2.38. The van der Waals surface area contributed by atoms with Gasteiger partial charge in [0.2, 0.25) is 0 Å². The van der Waals surface area contributed by atoms with Crippen LogP contribution in [0.3, 0.4) is 0 Å². The van der Waals surface area contributed by atoms with Gasteiger partial charge in [0, 0.05) is 24.7 Å². The van der Waals surface area contributed by atoms with Crippen molar-refractivity contribution in [3.63, 3.8) is 0 Å². The highest BCUT2D eigenvalue weighted by atomic mass is 32.2. The summed E-state index contributed by atoms with van der Waals surface area (Å²) in [5.74, 6) is 0.0591.